The van der Waals surface area contributed by atoms with Gasteiger partial charge in [0, 0.05) is 16.6 Å². The minimum absolute atomic E-state index is 0.181. The van der Waals surface area contributed by atoms with Gasteiger partial charge in [0.25, 0.3) is 0 Å². The fraction of sp³-hybridized carbons (Fsp3) is 0.217. The lowest BCUT2D eigenvalue weighted by Crippen LogP contribution is -2.11. The zero-order chi connectivity index (χ0) is 19.7. The molecular formula is C23H22ClNO2S. The van der Waals surface area contributed by atoms with Crippen LogP contribution in [0.4, 0.5) is 5.69 Å². The van der Waals surface area contributed by atoms with E-state index in [1.165, 1.54) is 28.5 Å². The zero-order valence-corrected chi connectivity index (χ0v) is 17.2. The number of halogens is 1. The molecule has 0 heterocycles. The molecule has 1 N–H and O–H groups in total. The van der Waals surface area contributed by atoms with Crippen molar-refractivity contribution >= 4 is 27.3 Å². The molecular weight excluding hydrogens is 390 g/mol. The third-order valence-corrected chi connectivity index (χ3v) is 6.09. The second kappa shape index (κ2) is 7.61. The van der Waals surface area contributed by atoms with Crippen molar-refractivity contribution in [3.8, 4) is 0 Å². The lowest BCUT2D eigenvalue weighted by atomic mass is 9.83. The van der Waals surface area contributed by atoms with Gasteiger partial charge in [-0.1, -0.05) is 54.1 Å². The summed E-state index contributed by atoms with van der Waals surface area (Å²) in [6.07, 6.45) is 3.95. The van der Waals surface area contributed by atoms with E-state index < -0.39 is 10.0 Å². The molecule has 144 valence electrons. The van der Waals surface area contributed by atoms with Crippen molar-refractivity contribution in [1.29, 1.82) is 0 Å². The number of anilines is 1. The number of rotatable bonds is 4. The molecule has 1 unspecified atom stereocenters. The molecule has 0 bridgehead atoms. The van der Waals surface area contributed by atoms with E-state index in [0.717, 1.165) is 29.8 Å². The molecule has 3 aromatic rings. The van der Waals surface area contributed by atoms with Crippen LogP contribution in [0.5, 0.6) is 0 Å². The Balaban J connectivity index is 1.77. The fourth-order valence-electron chi connectivity index (χ4n) is 4.09. The standard InChI is InChI=1S/C23H22ClNO2S/c1-28(26,27)25-20-7-4-5-16(13-20)14-23-21-8-3-2-6-17(21)9-10-18-11-12-19(24)15-22(18)23/h2-8,11-13,15,23,25H,9-10,14H2,1H3. The van der Waals surface area contributed by atoms with Crippen LogP contribution in [0.25, 0.3) is 0 Å². The van der Waals surface area contributed by atoms with Crippen molar-refractivity contribution in [2.75, 3.05) is 11.0 Å². The Morgan fingerprint density at radius 2 is 1.68 bits per heavy atom. The monoisotopic (exact) mass is 411 g/mol. The summed E-state index contributed by atoms with van der Waals surface area (Å²) in [6, 6.07) is 22.4. The molecule has 1 aliphatic carbocycles. The number of hydrogen-bond acceptors (Lipinski definition) is 2. The van der Waals surface area contributed by atoms with Crippen molar-refractivity contribution in [2.24, 2.45) is 0 Å². The third-order valence-electron chi connectivity index (χ3n) is 5.25. The van der Waals surface area contributed by atoms with Crippen molar-refractivity contribution in [3.63, 3.8) is 0 Å². The van der Waals surface area contributed by atoms with Gasteiger partial charge in [0.2, 0.25) is 10.0 Å². The Labute approximate surface area is 171 Å². The molecule has 0 fully saturated rings. The molecule has 1 aliphatic rings. The van der Waals surface area contributed by atoms with Gasteiger partial charge < -0.3 is 0 Å². The Kier molecular flexibility index (Phi) is 5.17. The van der Waals surface area contributed by atoms with E-state index in [1.807, 2.05) is 24.3 Å². The normalized spacial score (nSPS) is 16.0. The van der Waals surface area contributed by atoms with Crippen LogP contribution in [0.1, 0.15) is 33.7 Å². The van der Waals surface area contributed by atoms with E-state index in [1.54, 1.807) is 6.07 Å². The molecule has 0 amide bonds. The molecule has 0 saturated carbocycles. The second-order valence-electron chi connectivity index (χ2n) is 7.37. The van der Waals surface area contributed by atoms with Crippen LogP contribution in [0, 0.1) is 0 Å². The molecule has 0 aromatic heterocycles. The first-order valence-electron chi connectivity index (χ1n) is 9.32. The van der Waals surface area contributed by atoms with E-state index in [2.05, 4.69) is 41.1 Å². The fourth-order valence-corrected chi connectivity index (χ4v) is 4.82. The predicted octanol–water partition coefficient (Wildman–Crippen LogP) is 5.18. The van der Waals surface area contributed by atoms with Crippen LogP contribution >= 0.6 is 11.6 Å². The molecule has 5 heteroatoms. The molecule has 4 rings (SSSR count). The van der Waals surface area contributed by atoms with Gasteiger partial charge in [-0.3, -0.25) is 4.72 Å². The first-order valence-corrected chi connectivity index (χ1v) is 11.6. The van der Waals surface area contributed by atoms with Crippen LogP contribution in [0.2, 0.25) is 5.02 Å². The Hall–Kier alpha value is -2.30. The zero-order valence-electron chi connectivity index (χ0n) is 15.7. The summed E-state index contributed by atoms with van der Waals surface area (Å²) >= 11 is 6.35. The maximum absolute atomic E-state index is 11.6. The lowest BCUT2D eigenvalue weighted by Gasteiger charge is -2.21. The van der Waals surface area contributed by atoms with E-state index in [0.29, 0.717) is 5.69 Å². The second-order valence-corrected chi connectivity index (χ2v) is 9.56. The summed E-state index contributed by atoms with van der Waals surface area (Å²) in [6.45, 7) is 0. The van der Waals surface area contributed by atoms with Crippen LogP contribution in [0.3, 0.4) is 0 Å². The van der Waals surface area contributed by atoms with Crippen LogP contribution in [-0.4, -0.2) is 14.7 Å². The minimum atomic E-state index is -3.30. The first-order chi connectivity index (χ1) is 13.4. The van der Waals surface area contributed by atoms with Gasteiger partial charge in [-0.15, -0.1) is 0 Å². The number of fused-ring (bicyclic) bond motifs is 2. The lowest BCUT2D eigenvalue weighted by molar-refractivity contribution is 0.607. The molecule has 0 saturated heterocycles. The highest BCUT2D eigenvalue weighted by molar-refractivity contribution is 7.92. The maximum atomic E-state index is 11.6. The predicted molar refractivity (Wildman–Crippen MR) is 116 cm³/mol. The smallest absolute Gasteiger partial charge is 0.229 e. The Bertz CT molecular complexity index is 1120. The van der Waals surface area contributed by atoms with E-state index in [4.69, 9.17) is 11.6 Å². The molecule has 3 aromatic carbocycles. The summed E-state index contributed by atoms with van der Waals surface area (Å²) in [7, 11) is -3.30. The average molecular weight is 412 g/mol. The quantitative estimate of drug-likeness (QED) is 0.642. The van der Waals surface area contributed by atoms with Crippen LogP contribution in [0.15, 0.2) is 66.7 Å². The topological polar surface area (TPSA) is 46.2 Å². The molecule has 0 aliphatic heterocycles. The molecule has 1 atom stereocenters. The summed E-state index contributed by atoms with van der Waals surface area (Å²) < 4.78 is 25.7. The summed E-state index contributed by atoms with van der Waals surface area (Å²) in [5.41, 5.74) is 6.96. The number of sulfonamides is 1. The number of aryl methyl sites for hydroxylation is 2. The number of benzene rings is 3. The van der Waals surface area contributed by atoms with Crippen molar-refractivity contribution in [2.45, 2.75) is 25.2 Å². The Morgan fingerprint density at radius 1 is 0.929 bits per heavy atom. The van der Waals surface area contributed by atoms with Gasteiger partial charge in [-0.25, -0.2) is 8.42 Å². The Morgan fingerprint density at radius 3 is 2.46 bits per heavy atom. The van der Waals surface area contributed by atoms with Gasteiger partial charge in [0.05, 0.1) is 6.26 Å². The SMILES string of the molecule is CS(=O)(=O)Nc1cccc(CC2c3ccccc3CCc3ccc(Cl)cc32)c1. The average Bonchev–Trinajstić information content (AvgIpc) is 2.78. The van der Waals surface area contributed by atoms with Gasteiger partial charge >= 0.3 is 0 Å². The summed E-state index contributed by atoms with van der Waals surface area (Å²) in [5.74, 6) is 0.181. The van der Waals surface area contributed by atoms with Crippen molar-refractivity contribution in [1.82, 2.24) is 0 Å². The summed E-state index contributed by atoms with van der Waals surface area (Å²) in [5, 5.41) is 0.746. The highest BCUT2D eigenvalue weighted by atomic mass is 35.5. The number of hydrogen-bond donors (Lipinski definition) is 1. The van der Waals surface area contributed by atoms with E-state index >= 15 is 0 Å². The minimum Gasteiger partial charge on any atom is -0.284 e. The largest absolute Gasteiger partial charge is 0.284 e. The van der Waals surface area contributed by atoms with Crippen molar-refractivity contribution in [3.05, 3.63) is 99.6 Å². The van der Waals surface area contributed by atoms with Gasteiger partial charge in [0.15, 0.2) is 0 Å². The van der Waals surface area contributed by atoms with Gasteiger partial charge in [0.1, 0.15) is 0 Å². The third kappa shape index (κ3) is 4.23. The number of nitrogens with one attached hydrogen (secondary N) is 1. The van der Waals surface area contributed by atoms with E-state index in [9.17, 15) is 8.42 Å². The summed E-state index contributed by atoms with van der Waals surface area (Å²) in [4.78, 5) is 0. The molecule has 28 heavy (non-hydrogen) atoms. The van der Waals surface area contributed by atoms with Gasteiger partial charge in [-0.2, -0.15) is 0 Å². The molecule has 3 nitrogen and oxygen atoms in total. The highest BCUT2D eigenvalue weighted by Crippen LogP contribution is 2.38. The van der Waals surface area contributed by atoms with E-state index in [-0.39, 0.29) is 5.92 Å². The maximum Gasteiger partial charge on any atom is 0.229 e. The van der Waals surface area contributed by atoms with Crippen LogP contribution in [-0.2, 0) is 29.3 Å². The molecule has 0 radical (unpaired) electrons. The van der Waals surface area contributed by atoms with Crippen LogP contribution < -0.4 is 4.72 Å². The van der Waals surface area contributed by atoms with Crippen molar-refractivity contribution < 1.29 is 8.42 Å². The highest BCUT2D eigenvalue weighted by Gasteiger charge is 2.24. The van der Waals surface area contributed by atoms with Gasteiger partial charge in [-0.05, 0) is 71.3 Å². The molecule has 0 spiro atoms. The first kappa shape index (κ1) is 19.0.